The van der Waals surface area contributed by atoms with E-state index in [4.69, 9.17) is 0 Å². The number of nitrogens with zero attached hydrogens (tertiary/aromatic N) is 2. The van der Waals surface area contributed by atoms with Gasteiger partial charge >= 0.3 is 0 Å². The summed E-state index contributed by atoms with van der Waals surface area (Å²) < 4.78 is 0. The van der Waals surface area contributed by atoms with E-state index in [0.717, 1.165) is 36.1 Å². The first-order chi connectivity index (χ1) is 15.0. The molecule has 166 valence electrons. The Morgan fingerprint density at radius 2 is 2.06 bits per heavy atom. The molecule has 7 heteroatoms. The Morgan fingerprint density at radius 1 is 1.29 bits per heavy atom. The molecule has 1 aliphatic heterocycles. The van der Waals surface area contributed by atoms with E-state index in [-0.39, 0.29) is 17.5 Å². The van der Waals surface area contributed by atoms with Crippen molar-refractivity contribution in [2.45, 2.75) is 52.1 Å². The standard InChI is InChI=1S/C24H33N5O2/c1-4-20-14-18(7-11-26-20)19-15-22(24(31)27-16-19)28-21-8-12-29(13-9-21)23(30)6-5-10-25-17(2)3/h5-7,11,14-17,21,25,28H,4,8-10,12-13H2,1-3H3,(H,27,31)/b6-5+. The fraction of sp³-hybridized carbons (Fsp3) is 0.458. The Bertz CT molecular complexity index is 958. The second-order valence-electron chi connectivity index (χ2n) is 8.23. The van der Waals surface area contributed by atoms with Crippen molar-refractivity contribution in [3.8, 4) is 11.1 Å². The number of carbonyl (C=O) groups excluding carboxylic acids is 1. The van der Waals surface area contributed by atoms with E-state index in [0.29, 0.717) is 31.4 Å². The number of anilines is 1. The second kappa shape index (κ2) is 10.9. The van der Waals surface area contributed by atoms with Gasteiger partial charge in [0.2, 0.25) is 5.91 Å². The third-order valence-corrected chi connectivity index (χ3v) is 5.49. The van der Waals surface area contributed by atoms with Gasteiger partial charge < -0.3 is 20.5 Å². The Morgan fingerprint density at radius 3 is 2.77 bits per heavy atom. The number of nitrogens with one attached hydrogen (secondary N) is 3. The van der Waals surface area contributed by atoms with Crippen LogP contribution in [0.4, 0.5) is 5.69 Å². The molecule has 7 nitrogen and oxygen atoms in total. The van der Waals surface area contributed by atoms with Crippen molar-refractivity contribution in [2.75, 3.05) is 25.0 Å². The lowest BCUT2D eigenvalue weighted by Gasteiger charge is -2.32. The zero-order valence-corrected chi connectivity index (χ0v) is 18.6. The highest BCUT2D eigenvalue weighted by molar-refractivity contribution is 5.87. The molecule has 3 heterocycles. The molecular formula is C24H33N5O2. The van der Waals surface area contributed by atoms with Crippen molar-refractivity contribution in [1.82, 2.24) is 20.2 Å². The van der Waals surface area contributed by atoms with Gasteiger partial charge in [0, 0.05) is 61.4 Å². The molecular weight excluding hydrogens is 390 g/mol. The lowest BCUT2D eigenvalue weighted by molar-refractivity contribution is -0.126. The third-order valence-electron chi connectivity index (χ3n) is 5.49. The van der Waals surface area contributed by atoms with Gasteiger partial charge in [-0.3, -0.25) is 14.6 Å². The summed E-state index contributed by atoms with van der Waals surface area (Å²) in [5, 5.41) is 6.65. The lowest BCUT2D eigenvalue weighted by atomic mass is 10.0. The normalized spacial score (nSPS) is 15.0. The maximum atomic E-state index is 12.4. The van der Waals surface area contributed by atoms with Crippen LogP contribution >= 0.6 is 0 Å². The SMILES string of the molecule is CCc1cc(-c2c[nH]c(=O)c(NC3CCN(C(=O)/C=C/CNC(C)C)CC3)c2)ccn1. The molecule has 1 aliphatic rings. The number of hydrogen-bond donors (Lipinski definition) is 3. The molecule has 0 bridgehead atoms. The Labute approximate surface area is 184 Å². The first kappa shape index (κ1) is 22.7. The summed E-state index contributed by atoms with van der Waals surface area (Å²) in [4.78, 5) is 33.8. The number of carbonyl (C=O) groups is 1. The average Bonchev–Trinajstić information content (AvgIpc) is 2.78. The smallest absolute Gasteiger partial charge is 0.271 e. The largest absolute Gasteiger partial charge is 0.378 e. The molecule has 3 rings (SSSR count). The van der Waals surface area contributed by atoms with Crippen LogP contribution in [-0.2, 0) is 11.2 Å². The minimum Gasteiger partial charge on any atom is -0.378 e. The summed E-state index contributed by atoms with van der Waals surface area (Å²) >= 11 is 0. The van der Waals surface area contributed by atoms with Gasteiger partial charge in [0.1, 0.15) is 5.69 Å². The van der Waals surface area contributed by atoms with Crippen molar-refractivity contribution >= 4 is 11.6 Å². The molecule has 1 saturated heterocycles. The first-order valence-corrected chi connectivity index (χ1v) is 11.1. The number of rotatable bonds is 8. The molecule has 0 spiro atoms. The zero-order valence-electron chi connectivity index (χ0n) is 18.6. The predicted octanol–water partition coefficient (Wildman–Crippen LogP) is 2.96. The van der Waals surface area contributed by atoms with Crippen molar-refractivity contribution in [1.29, 1.82) is 0 Å². The van der Waals surface area contributed by atoms with Gasteiger partial charge in [0.25, 0.3) is 5.56 Å². The Balaban J connectivity index is 1.58. The highest BCUT2D eigenvalue weighted by Gasteiger charge is 2.22. The van der Waals surface area contributed by atoms with Crippen LogP contribution in [0.1, 0.15) is 39.3 Å². The quantitative estimate of drug-likeness (QED) is 0.568. The molecule has 2 aromatic heterocycles. The molecule has 0 aliphatic carbocycles. The minimum atomic E-state index is -0.132. The summed E-state index contributed by atoms with van der Waals surface area (Å²) in [6.45, 7) is 8.28. The highest BCUT2D eigenvalue weighted by Crippen LogP contribution is 2.22. The van der Waals surface area contributed by atoms with E-state index in [1.165, 1.54) is 0 Å². The van der Waals surface area contributed by atoms with Crippen LogP contribution in [-0.4, -0.2) is 52.5 Å². The van der Waals surface area contributed by atoms with Crippen LogP contribution in [0.25, 0.3) is 11.1 Å². The Kier molecular flexibility index (Phi) is 8.00. The van der Waals surface area contributed by atoms with Gasteiger partial charge in [-0.05, 0) is 43.0 Å². The molecule has 0 aromatic carbocycles. The molecule has 31 heavy (non-hydrogen) atoms. The van der Waals surface area contributed by atoms with Gasteiger partial charge in [-0.1, -0.05) is 26.8 Å². The molecule has 0 unspecified atom stereocenters. The minimum absolute atomic E-state index is 0.0493. The maximum Gasteiger partial charge on any atom is 0.271 e. The highest BCUT2D eigenvalue weighted by atomic mass is 16.2. The molecule has 0 atom stereocenters. The molecule has 0 saturated carbocycles. The number of H-pyrrole nitrogens is 1. The van der Waals surface area contributed by atoms with Crippen LogP contribution in [0.5, 0.6) is 0 Å². The number of pyridine rings is 2. The predicted molar refractivity (Wildman–Crippen MR) is 125 cm³/mol. The van der Waals surface area contributed by atoms with Crippen molar-refractivity contribution in [2.24, 2.45) is 0 Å². The number of amides is 1. The molecule has 3 N–H and O–H groups in total. The third kappa shape index (κ3) is 6.52. The molecule has 2 aromatic rings. The summed E-state index contributed by atoms with van der Waals surface area (Å²) in [7, 11) is 0. The maximum absolute atomic E-state index is 12.4. The summed E-state index contributed by atoms with van der Waals surface area (Å²) in [5.41, 5.74) is 3.44. The van der Waals surface area contributed by atoms with Crippen LogP contribution in [0, 0.1) is 0 Å². The van der Waals surface area contributed by atoms with E-state index in [1.54, 1.807) is 18.5 Å². The number of piperidine rings is 1. The van der Waals surface area contributed by atoms with Gasteiger partial charge in [-0.2, -0.15) is 0 Å². The van der Waals surface area contributed by atoms with E-state index in [9.17, 15) is 9.59 Å². The number of likely N-dealkylation sites (tertiary alicyclic amines) is 1. The lowest BCUT2D eigenvalue weighted by Crippen LogP contribution is -2.42. The monoisotopic (exact) mass is 423 g/mol. The van der Waals surface area contributed by atoms with Crippen molar-refractivity contribution < 1.29 is 4.79 Å². The average molecular weight is 424 g/mol. The van der Waals surface area contributed by atoms with Crippen molar-refractivity contribution in [3.05, 3.63) is 58.8 Å². The summed E-state index contributed by atoms with van der Waals surface area (Å²) in [6, 6.07) is 6.46. The van der Waals surface area contributed by atoms with Gasteiger partial charge in [0.05, 0.1) is 0 Å². The van der Waals surface area contributed by atoms with E-state index >= 15 is 0 Å². The topological polar surface area (TPSA) is 90.1 Å². The number of aromatic nitrogens is 2. The summed E-state index contributed by atoms with van der Waals surface area (Å²) in [6.07, 6.45) is 9.54. The van der Waals surface area contributed by atoms with Crippen LogP contribution < -0.4 is 16.2 Å². The van der Waals surface area contributed by atoms with Crippen LogP contribution in [0.2, 0.25) is 0 Å². The molecule has 1 fully saturated rings. The van der Waals surface area contributed by atoms with Gasteiger partial charge in [0.15, 0.2) is 0 Å². The van der Waals surface area contributed by atoms with Gasteiger partial charge in [-0.15, -0.1) is 0 Å². The second-order valence-corrected chi connectivity index (χ2v) is 8.23. The van der Waals surface area contributed by atoms with Crippen molar-refractivity contribution in [3.63, 3.8) is 0 Å². The van der Waals surface area contributed by atoms with E-state index in [1.807, 2.05) is 29.2 Å². The van der Waals surface area contributed by atoms with Gasteiger partial charge in [-0.25, -0.2) is 0 Å². The zero-order chi connectivity index (χ0) is 22.2. The van der Waals surface area contributed by atoms with Crippen LogP contribution in [0.15, 0.2) is 47.5 Å². The number of hydrogen-bond acceptors (Lipinski definition) is 5. The Hall–Kier alpha value is -2.93. The number of aryl methyl sites for hydroxylation is 1. The summed E-state index contributed by atoms with van der Waals surface area (Å²) in [5.74, 6) is 0.0493. The first-order valence-electron chi connectivity index (χ1n) is 11.1. The molecule has 0 radical (unpaired) electrons. The van der Waals surface area contributed by atoms with Crippen LogP contribution in [0.3, 0.4) is 0 Å². The van der Waals surface area contributed by atoms with E-state index < -0.39 is 0 Å². The van der Waals surface area contributed by atoms with E-state index in [2.05, 4.69) is 41.4 Å². The fourth-order valence-corrected chi connectivity index (χ4v) is 3.64. The number of aromatic amines is 1. The molecule has 1 amide bonds. The fourth-order valence-electron chi connectivity index (χ4n) is 3.64.